The smallest absolute Gasteiger partial charge is 0.459 e. The number of benzene rings is 3. The second-order valence-electron chi connectivity index (χ2n) is 10.3. The number of nitrogen functional groups attached to an aromatic ring is 1. The molecule has 1 saturated heterocycles. The van der Waals surface area contributed by atoms with Crippen molar-refractivity contribution in [3.05, 3.63) is 91.0 Å². The number of nitrogens with two attached hydrogens (primary N) is 1. The normalized spacial score (nSPS) is 20.4. The van der Waals surface area contributed by atoms with Crippen molar-refractivity contribution in [1.82, 2.24) is 24.6 Å². The molecule has 1 aliphatic rings. The van der Waals surface area contributed by atoms with Gasteiger partial charge in [-0.05, 0) is 23.9 Å². The van der Waals surface area contributed by atoms with E-state index in [2.05, 4.69) is 20.0 Å². The van der Waals surface area contributed by atoms with Crippen molar-refractivity contribution >= 4 is 41.5 Å². The molecule has 6 rings (SSSR count). The van der Waals surface area contributed by atoms with Crippen molar-refractivity contribution in [2.24, 2.45) is 0 Å². The molecule has 1 aliphatic heterocycles. The van der Waals surface area contributed by atoms with Crippen LogP contribution in [0.1, 0.15) is 25.1 Å². The third-order valence-corrected chi connectivity index (χ3v) is 8.87. The van der Waals surface area contributed by atoms with Crippen molar-refractivity contribution in [3.8, 4) is 5.75 Å². The molecule has 0 radical (unpaired) electrons. The van der Waals surface area contributed by atoms with Crippen molar-refractivity contribution in [3.63, 3.8) is 0 Å². The molecule has 44 heavy (non-hydrogen) atoms. The Balaban J connectivity index is 1.30. The molecule has 1 fully saturated rings. The molecule has 14 heteroatoms. The molecule has 228 valence electrons. The number of nitrogens with zero attached hydrogens (tertiary/aromatic N) is 4. The van der Waals surface area contributed by atoms with E-state index in [1.165, 1.54) is 19.6 Å². The number of carbonyl (C=O) groups excluding carboxylic acids is 1. The van der Waals surface area contributed by atoms with Gasteiger partial charge in [-0.2, -0.15) is 5.09 Å². The Hall–Kier alpha value is -4.39. The van der Waals surface area contributed by atoms with Gasteiger partial charge in [-0.1, -0.05) is 66.7 Å². The summed E-state index contributed by atoms with van der Waals surface area (Å²) in [5.74, 6) is -0.191. The summed E-state index contributed by atoms with van der Waals surface area (Å²) in [6.07, 6.45) is 0.409. The topological polar surface area (TPSA) is 173 Å². The van der Waals surface area contributed by atoms with Crippen LogP contribution in [-0.4, -0.2) is 55.5 Å². The van der Waals surface area contributed by atoms with E-state index in [4.69, 9.17) is 24.3 Å². The Morgan fingerprint density at radius 1 is 1.11 bits per heavy atom. The van der Waals surface area contributed by atoms with Gasteiger partial charge >= 0.3 is 13.7 Å². The van der Waals surface area contributed by atoms with Gasteiger partial charge in [0.1, 0.15) is 36.3 Å². The Morgan fingerprint density at radius 3 is 2.70 bits per heavy atom. The minimum Gasteiger partial charge on any atom is -0.460 e. The molecule has 1 unspecified atom stereocenters. The number of hydrogen-bond donors (Lipinski definition) is 3. The number of anilines is 1. The summed E-state index contributed by atoms with van der Waals surface area (Å²) in [6.45, 7) is 1.23. The summed E-state index contributed by atoms with van der Waals surface area (Å²) in [5.41, 5.74) is 7.50. The predicted molar refractivity (Wildman–Crippen MR) is 161 cm³/mol. The number of esters is 1. The fourth-order valence-corrected chi connectivity index (χ4v) is 6.74. The van der Waals surface area contributed by atoms with Gasteiger partial charge in [-0.15, -0.1) is 0 Å². The zero-order chi connectivity index (χ0) is 30.7. The van der Waals surface area contributed by atoms with Crippen molar-refractivity contribution in [2.45, 2.75) is 44.4 Å². The molecule has 4 N–H and O–H groups in total. The molecule has 3 aromatic carbocycles. The van der Waals surface area contributed by atoms with Crippen molar-refractivity contribution in [1.29, 1.82) is 0 Å². The van der Waals surface area contributed by atoms with E-state index in [1.807, 2.05) is 60.7 Å². The van der Waals surface area contributed by atoms with E-state index in [1.54, 1.807) is 16.7 Å². The standard InChI is InChI=1S/C30H31N6O7P/c1-19(30(38)40-16-20-8-3-2-4-9-20)35-44(39,42-24-13-7-11-21-10-5-6-12-23(21)24)43-25-14-22(15-37)41-29(25)36-18-34-26-27(31)32-17-33-28(26)36/h2-13,17-19,22,25,29,37H,14-16H2,1H3,(H,35,39)(H2,31,32,33)/t19-,22-,25+,29+,44?/m0/s1. The largest absolute Gasteiger partial charge is 0.460 e. The maximum Gasteiger partial charge on any atom is 0.459 e. The number of aliphatic hydroxyl groups is 1. The van der Waals surface area contributed by atoms with Gasteiger partial charge in [0.2, 0.25) is 0 Å². The fourth-order valence-electron chi connectivity index (χ4n) is 5.03. The number of nitrogens with one attached hydrogen (secondary N) is 1. The summed E-state index contributed by atoms with van der Waals surface area (Å²) in [5, 5.41) is 14.3. The zero-order valence-electron chi connectivity index (χ0n) is 23.7. The van der Waals surface area contributed by atoms with Crippen LogP contribution in [0, 0.1) is 0 Å². The first-order valence-electron chi connectivity index (χ1n) is 14.0. The minimum absolute atomic E-state index is 0.0381. The summed E-state index contributed by atoms with van der Waals surface area (Å²) in [6, 6.07) is 20.9. The van der Waals surface area contributed by atoms with E-state index in [9.17, 15) is 14.5 Å². The maximum atomic E-state index is 14.6. The molecule has 0 spiro atoms. The van der Waals surface area contributed by atoms with Crippen molar-refractivity contribution < 1.29 is 33.0 Å². The zero-order valence-corrected chi connectivity index (χ0v) is 24.6. The first-order valence-corrected chi connectivity index (χ1v) is 15.5. The van der Waals surface area contributed by atoms with Gasteiger partial charge in [0.25, 0.3) is 0 Å². The van der Waals surface area contributed by atoms with E-state index < -0.39 is 38.2 Å². The van der Waals surface area contributed by atoms with E-state index in [-0.39, 0.29) is 31.2 Å². The molecular weight excluding hydrogens is 587 g/mol. The van der Waals surface area contributed by atoms with Gasteiger partial charge in [-0.25, -0.2) is 19.5 Å². The Morgan fingerprint density at radius 2 is 1.89 bits per heavy atom. The molecule has 0 amide bonds. The van der Waals surface area contributed by atoms with Crippen LogP contribution in [0.3, 0.4) is 0 Å². The quantitative estimate of drug-likeness (QED) is 0.143. The summed E-state index contributed by atoms with van der Waals surface area (Å²) < 4.78 is 40.1. The number of ether oxygens (including phenoxy) is 2. The van der Waals surface area contributed by atoms with Gasteiger partial charge in [0, 0.05) is 11.8 Å². The average Bonchev–Trinajstić information content (AvgIpc) is 3.64. The number of fused-ring (bicyclic) bond motifs is 2. The van der Waals surface area contributed by atoms with E-state index >= 15 is 0 Å². The third-order valence-electron chi connectivity index (χ3n) is 7.18. The van der Waals surface area contributed by atoms with Gasteiger partial charge in [-0.3, -0.25) is 13.9 Å². The van der Waals surface area contributed by atoms with Crippen LogP contribution in [0.15, 0.2) is 85.5 Å². The molecular formula is C30H31N6O7P. The lowest BCUT2D eigenvalue weighted by Crippen LogP contribution is -2.36. The minimum atomic E-state index is -4.35. The molecule has 5 atom stereocenters. The van der Waals surface area contributed by atoms with E-state index in [0.717, 1.165) is 10.9 Å². The highest BCUT2D eigenvalue weighted by Gasteiger charge is 2.44. The first kappa shape index (κ1) is 29.7. The first-order chi connectivity index (χ1) is 21.3. The lowest BCUT2D eigenvalue weighted by atomic mass is 10.1. The Kier molecular flexibility index (Phi) is 8.56. The Bertz CT molecular complexity index is 1810. The highest BCUT2D eigenvalue weighted by atomic mass is 31.2. The number of carbonyl (C=O) groups is 1. The van der Waals surface area contributed by atoms with Crippen LogP contribution in [-0.2, 0) is 30.0 Å². The number of imidazole rings is 1. The van der Waals surface area contributed by atoms with Gasteiger partial charge < -0.3 is 24.8 Å². The van der Waals surface area contributed by atoms with Crippen LogP contribution < -0.4 is 15.3 Å². The molecule has 0 saturated carbocycles. The highest BCUT2D eigenvalue weighted by Crippen LogP contribution is 2.51. The fraction of sp³-hybridized carbons (Fsp3) is 0.267. The molecule has 5 aromatic rings. The number of aromatic nitrogens is 4. The van der Waals surface area contributed by atoms with Crippen LogP contribution >= 0.6 is 7.75 Å². The van der Waals surface area contributed by atoms with Crippen LogP contribution in [0.4, 0.5) is 5.82 Å². The highest BCUT2D eigenvalue weighted by molar-refractivity contribution is 7.52. The lowest BCUT2D eigenvalue weighted by Gasteiger charge is -2.28. The van der Waals surface area contributed by atoms with E-state index in [0.29, 0.717) is 16.6 Å². The third kappa shape index (κ3) is 6.28. The second-order valence-corrected chi connectivity index (χ2v) is 12.0. The monoisotopic (exact) mass is 618 g/mol. The average molecular weight is 619 g/mol. The summed E-state index contributed by atoms with van der Waals surface area (Å²) >= 11 is 0. The number of rotatable bonds is 11. The maximum absolute atomic E-state index is 14.6. The molecule has 0 bridgehead atoms. The molecule has 2 aromatic heterocycles. The van der Waals surface area contributed by atoms with Gasteiger partial charge in [0.05, 0.1) is 19.0 Å². The van der Waals surface area contributed by atoms with Crippen LogP contribution in [0.2, 0.25) is 0 Å². The predicted octanol–water partition coefficient (Wildman–Crippen LogP) is 4.14. The Labute approximate surface area is 252 Å². The number of aliphatic hydroxyl groups excluding tert-OH is 1. The van der Waals surface area contributed by atoms with Gasteiger partial charge in [0.15, 0.2) is 17.7 Å². The number of hydrogen-bond acceptors (Lipinski definition) is 11. The molecule has 3 heterocycles. The molecule has 0 aliphatic carbocycles. The SMILES string of the molecule is C[C@H](NP(=O)(Oc1cccc2ccccc12)O[C@@H]1C[C@@H](CO)O[C@H]1n1cnc2c(N)ncnc21)C(=O)OCc1ccccc1. The summed E-state index contributed by atoms with van der Waals surface area (Å²) in [7, 11) is -4.35. The lowest BCUT2D eigenvalue weighted by molar-refractivity contribution is -0.146. The second kappa shape index (κ2) is 12.7. The van der Waals surface area contributed by atoms with Crippen LogP contribution in [0.25, 0.3) is 21.9 Å². The summed E-state index contributed by atoms with van der Waals surface area (Å²) in [4.78, 5) is 25.6. The molecule has 13 nitrogen and oxygen atoms in total. The van der Waals surface area contributed by atoms with Crippen molar-refractivity contribution in [2.75, 3.05) is 12.3 Å². The van der Waals surface area contributed by atoms with Crippen LogP contribution in [0.5, 0.6) is 5.75 Å².